The van der Waals surface area contributed by atoms with Crippen molar-refractivity contribution >= 4 is 29.5 Å². The molecule has 0 aromatic carbocycles. The zero-order chi connectivity index (χ0) is 27.8. The first-order chi connectivity index (χ1) is 16.3. The molecule has 2 rings (SSSR count). The van der Waals surface area contributed by atoms with Crippen molar-refractivity contribution in [3.63, 3.8) is 0 Å². The molecular formula is C23H33F3N6O4. The number of rotatable bonds is 6. The predicted octanol–water partition coefficient (Wildman–Crippen LogP) is 1.36. The Morgan fingerprint density at radius 1 is 1.28 bits per heavy atom. The quantitative estimate of drug-likeness (QED) is 0.552. The third kappa shape index (κ3) is 5.96. The second-order valence-electron chi connectivity index (χ2n) is 10.8. The fraction of sp³-hybridized carbons (Fsp3) is 0.739. The van der Waals surface area contributed by atoms with E-state index in [2.05, 4.69) is 10.3 Å². The van der Waals surface area contributed by atoms with Gasteiger partial charge in [0.2, 0.25) is 11.8 Å². The van der Waals surface area contributed by atoms with Crippen LogP contribution in [0.2, 0.25) is 0 Å². The van der Waals surface area contributed by atoms with Gasteiger partial charge in [0.05, 0.1) is 12.6 Å². The Hall–Kier alpha value is -3.17. The third-order valence-corrected chi connectivity index (χ3v) is 6.23. The Bertz CT molecular complexity index is 997. The van der Waals surface area contributed by atoms with Gasteiger partial charge < -0.3 is 20.4 Å². The summed E-state index contributed by atoms with van der Waals surface area (Å²) in [5.74, 6) is -3.87. The lowest BCUT2D eigenvalue weighted by Gasteiger charge is -2.34. The van der Waals surface area contributed by atoms with Crippen molar-refractivity contribution in [2.24, 2.45) is 16.3 Å². The maximum Gasteiger partial charge on any atom is 0.471 e. The van der Waals surface area contributed by atoms with Gasteiger partial charge in [0.15, 0.2) is 5.54 Å². The van der Waals surface area contributed by atoms with Crippen LogP contribution in [0.3, 0.4) is 0 Å². The average Bonchev–Trinajstić information content (AvgIpc) is 3.29. The van der Waals surface area contributed by atoms with E-state index in [0.29, 0.717) is 5.84 Å². The van der Waals surface area contributed by atoms with Gasteiger partial charge in [-0.2, -0.15) is 18.4 Å². The van der Waals surface area contributed by atoms with Crippen LogP contribution in [0.4, 0.5) is 13.2 Å². The van der Waals surface area contributed by atoms with Crippen LogP contribution in [0.1, 0.15) is 54.4 Å². The van der Waals surface area contributed by atoms with E-state index >= 15 is 0 Å². The van der Waals surface area contributed by atoms with Crippen molar-refractivity contribution in [1.29, 1.82) is 5.26 Å². The van der Waals surface area contributed by atoms with Gasteiger partial charge in [-0.05, 0) is 19.3 Å². The predicted molar refractivity (Wildman–Crippen MR) is 123 cm³/mol. The molecule has 0 aliphatic carbocycles. The Kier molecular flexibility index (Phi) is 8.12. The Balaban J connectivity index is 2.33. The highest BCUT2D eigenvalue weighted by Crippen LogP contribution is 2.36. The average molecular weight is 515 g/mol. The number of amides is 4. The molecule has 1 fully saturated rings. The van der Waals surface area contributed by atoms with E-state index in [0.717, 1.165) is 11.8 Å². The van der Waals surface area contributed by atoms with E-state index in [1.165, 1.54) is 11.9 Å². The van der Waals surface area contributed by atoms with Crippen LogP contribution in [0, 0.1) is 22.7 Å². The third-order valence-electron chi connectivity index (χ3n) is 6.23. The SMILES string of the molecule is CC(C)C[C@@H](C(=O)N1C[C@@]2(C[C@H]1C#N)N=C(C(C)(C)C)NC2=O)N(C)C(=O)[C@H](C)NC(=O)C(F)(F)F. The lowest BCUT2D eigenvalue weighted by molar-refractivity contribution is -0.175. The van der Waals surface area contributed by atoms with E-state index in [9.17, 15) is 37.6 Å². The molecule has 0 aromatic heterocycles. The van der Waals surface area contributed by atoms with Gasteiger partial charge in [-0.25, -0.2) is 0 Å². The van der Waals surface area contributed by atoms with Gasteiger partial charge in [-0.1, -0.05) is 34.6 Å². The number of nitrogens with zero attached hydrogens (tertiary/aromatic N) is 4. The zero-order valence-corrected chi connectivity index (χ0v) is 21.5. The molecule has 2 N–H and O–H groups in total. The fourth-order valence-corrected chi connectivity index (χ4v) is 4.21. The van der Waals surface area contributed by atoms with Crippen LogP contribution >= 0.6 is 0 Å². The highest BCUT2D eigenvalue weighted by Gasteiger charge is 2.56. The number of alkyl halides is 3. The van der Waals surface area contributed by atoms with Crippen LogP contribution in [0.15, 0.2) is 4.99 Å². The minimum absolute atomic E-state index is 0.0231. The summed E-state index contributed by atoms with van der Waals surface area (Å²) in [6, 6.07) is -1.65. The van der Waals surface area contributed by atoms with Crippen molar-refractivity contribution in [2.45, 2.75) is 84.2 Å². The second-order valence-corrected chi connectivity index (χ2v) is 10.8. The molecule has 0 saturated carbocycles. The minimum Gasteiger partial charge on any atom is -0.337 e. The summed E-state index contributed by atoms with van der Waals surface area (Å²) in [7, 11) is 1.26. The molecule has 2 heterocycles. The second kappa shape index (κ2) is 10.1. The molecule has 200 valence electrons. The smallest absolute Gasteiger partial charge is 0.337 e. The maximum absolute atomic E-state index is 13.7. The number of nitrogens with one attached hydrogen (secondary N) is 2. The molecule has 0 unspecified atom stereocenters. The first-order valence-electron chi connectivity index (χ1n) is 11.6. The standard InChI is InChI=1S/C23H33F3N6O4/c1-12(2)8-15(31(7)16(33)13(3)28-20(36)23(24,25)26)17(34)32-11-22(9-14(32)10-27)19(35)29-18(30-22)21(4,5)6/h12-15H,8-9,11H2,1-7H3,(H,28,36)(H,29,30,35)/t13-,14-,15-,22+/m0/s1. The lowest BCUT2D eigenvalue weighted by Crippen LogP contribution is -2.56. The minimum atomic E-state index is -5.17. The Labute approximate surface area is 208 Å². The molecule has 4 amide bonds. The number of amidine groups is 1. The molecule has 2 aliphatic rings. The first-order valence-corrected chi connectivity index (χ1v) is 11.6. The largest absolute Gasteiger partial charge is 0.471 e. The summed E-state index contributed by atoms with van der Waals surface area (Å²) in [5, 5.41) is 14.1. The van der Waals surface area contributed by atoms with Crippen LogP contribution < -0.4 is 10.6 Å². The molecule has 0 bridgehead atoms. The van der Waals surface area contributed by atoms with E-state index in [1.54, 1.807) is 19.2 Å². The van der Waals surface area contributed by atoms with Gasteiger partial charge >= 0.3 is 12.1 Å². The van der Waals surface area contributed by atoms with Gasteiger partial charge in [0.1, 0.15) is 24.0 Å². The number of likely N-dealkylation sites (N-methyl/N-ethyl adjacent to an activating group) is 1. The van der Waals surface area contributed by atoms with Gasteiger partial charge in [0, 0.05) is 18.9 Å². The molecule has 36 heavy (non-hydrogen) atoms. The normalized spacial score (nSPS) is 23.7. The molecular weight excluding hydrogens is 481 g/mol. The molecule has 10 nitrogen and oxygen atoms in total. The van der Waals surface area contributed by atoms with Crippen molar-refractivity contribution in [1.82, 2.24) is 20.4 Å². The molecule has 13 heteroatoms. The molecule has 4 atom stereocenters. The fourth-order valence-electron chi connectivity index (χ4n) is 4.21. The van der Waals surface area contributed by atoms with Crippen LogP contribution in [-0.4, -0.2) is 82.7 Å². The van der Waals surface area contributed by atoms with Crippen LogP contribution in [0.5, 0.6) is 0 Å². The van der Waals surface area contributed by atoms with E-state index < -0.39 is 58.9 Å². The Morgan fingerprint density at radius 3 is 2.31 bits per heavy atom. The van der Waals surface area contributed by atoms with Crippen molar-refractivity contribution in [3.05, 3.63) is 0 Å². The molecule has 2 aliphatic heterocycles. The number of hydrogen-bond acceptors (Lipinski definition) is 6. The van der Waals surface area contributed by atoms with Gasteiger partial charge in [-0.15, -0.1) is 0 Å². The molecule has 0 aromatic rings. The zero-order valence-electron chi connectivity index (χ0n) is 21.5. The monoisotopic (exact) mass is 514 g/mol. The number of carbonyl (C=O) groups is 4. The molecule has 0 radical (unpaired) electrons. The number of hydrogen-bond donors (Lipinski definition) is 2. The summed E-state index contributed by atoms with van der Waals surface area (Å²) in [6.45, 7) is 10.1. The van der Waals surface area contributed by atoms with E-state index in [-0.39, 0.29) is 25.3 Å². The summed E-state index contributed by atoms with van der Waals surface area (Å²) < 4.78 is 37.9. The number of aliphatic imine (C=N–C) groups is 1. The maximum atomic E-state index is 13.7. The summed E-state index contributed by atoms with van der Waals surface area (Å²) in [6.07, 6.45) is -5.05. The summed E-state index contributed by atoms with van der Waals surface area (Å²) in [5.41, 5.74) is -1.81. The van der Waals surface area contributed by atoms with Crippen molar-refractivity contribution in [3.8, 4) is 6.07 Å². The molecule has 1 saturated heterocycles. The van der Waals surface area contributed by atoms with Crippen molar-refractivity contribution < 1.29 is 32.3 Å². The number of likely N-dealkylation sites (tertiary alicyclic amines) is 1. The lowest BCUT2D eigenvalue weighted by atomic mass is 9.95. The van der Waals surface area contributed by atoms with Crippen LogP contribution in [-0.2, 0) is 19.2 Å². The van der Waals surface area contributed by atoms with Gasteiger partial charge in [0.25, 0.3) is 5.91 Å². The van der Waals surface area contributed by atoms with E-state index in [4.69, 9.17) is 0 Å². The number of halogens is 3. The van der Waals surface area contributed by atoms with Crippen molar-refractivity contribution in [2.75, 3.05) is 13.6 Å². The highest BCUT2D eigenvalue weighted by atomic mass is 19.4. The summed E-state index contributed by atoms with van der Waals surface area (Å²) >= 11 is 0. The topological polar surface area (TPSA) is 135 Å². The highest BCUT2D eigenvalue weighted by molar-refractivity contribution is 6.10. The summed E-state index contributed by atoms with van der Waals surface area (Å²) in [4.78, 5) is 57.5. The van der Waals surface area contributed by atoms with Crippen LogP contribution in [0.25, 0.3) is 0 Å². The van der Waals surface area contributed by atoms with Gasteiger partial charge in [-0.3, -0.25) is 24.2 Å². The number of nitriles is 1. The molecule has 1 spiro atoms. The Morgan fingerprint density at radius 2 is 1.86 bits per heavy atom. The van der Waals surface area contributed by atoms with E-state index in [1.807, 2.05) is 26.8 Å². The number of carbonyl (C=O) groups excluding carboxylic acids is 4. The first kappa shape index (κ1) is 29.1.